The number of ether oxygens (including phenoxy) is 3. The molecule has 2 fully saturated rings. The maximum Gasteiger partial charge on any atom is 0.237 e. The van der Waals surface area contributed by atoms with Gasteiger partial charge in [-0.15, -0.1) is 0 Å². The molecule has 140 valence electrons. The predicted octanol–water partition coefficient (Wildman–Crippen LogP) is 2.97. The van der Waals surface area contributed by atoms with Crippen LogP contribution in [0.2, 0.25) is 0 Å². The fourth-order valence-corrected chi connectivity index (χ4v) is 3.90. The summed E-state index contributed by atoms with van der Waals surface area (Å²) in [5, 5.41) is 0. The van der Waals surface area contributed by atoms with Gasteiger partial charge in [-0.3, -0.25) is 4.90 Å². The van der Waals surface area contributed by atoms with E-state index in [0.29, 0.717) is 18.5 Å². The third-order valence-electron chi connectivity index (χ3n) is 5.03. The molecule has 25 heavy (non-hydrogen) atoms. The summed E-state index contributed by atoms with van der Waals surface area (Å²) in [7, 11) is 0. The van der Waals surface area contributed by atoms with Crippen LogP contribution in [0.1, 0.15) is 46.5 Å². The van der Waals surface area contributed by atoms with Crippen molar-refractivity contribution in [2.75, 3.05) is 19.8 Å². The highest BCUT2D eigenvalue weighted by Gasteiger charge is 2.49. The van der Waals surface area contributed by atoms with E-state index in [9.17, 15) is 4.39 Å². The molecule has 0 bridgehead atoms. The summed E-state index contributed by atoms with van der Waals surface area (Å²) in [6, 6.07) is 0.377. The topological polar surface area (TPSA) is 56.7 Å². The first-order valence-corrected chi connectivity index (χ1v) is 9.12. The Hall–Kier alpha value is -1.47. The maximum absolute atomic E-state index is 12.8. The van der Waals surface area contributed by atoms with Crippen LogP contribution < -0.4 is 9.47 Å². The number of hydrogen-bond acceptors (Lipinski definition) is 6. The van der Waals surface area contributed by atoms with Gasteiger partial charge in [0.2, 0.25) is 18.1 Å². The molecule has 0 aliphatic carbocycles. The molecule has 3 heterocycles. The lowest BCUT2D eigenvalue weighted by molar-refractivity contribution is -0.00914. The quantitative estimate of drug-likeness (QED) is 0.716. The van der Waals surface area contributed by atoms with Crippen LogP contribution in [0, 0.1) is 0 Å². The summed E-state index contributed by atoms with van der Waals surface area (Å²) in [6.07, 6.45) is 6.39. The van der Waals surface area contributed by atoms with Crippen molar-refractivity contribution in [1.82, 2.24) is 14.9 Å². The Balaban J connectivity index is 1.53. The van der Waals surface area contributed by atoms with E-state index in [1.54, 1.807) is 0 Å². The highest BCUT2D eigenvalue weighted by Crippen LogP contribution is 2.42. The van der Waals surface area contributed by atoms with Crippen molar-refractivity contribution < 1.29 is 18.6 Å². The molecular formula is C18H28FN3O3. The van der Waals surface area contributed by atoms with Crippen molar-refractivity contribution in [1.29, 1.82) is 0 Å². The van der Waals surface area contributed by atoms with E-state index < -0.39 is 6.36 Å². The highest BCUT2D eigenvalue weighted by atomic mass is 19.1. The molecule has 1 aromatic rings. The highest BCUT2D eigenvalue weighted by molar-refractivity contribution is 5.12. The lowest BCUT2D eigenvalue weighted by Gasteiger charge is -2.35. The second-order valence-corrected chi connectivity index (χ2v) is 7.24. The van der Waals surface area contributed by atoms with Crippen molar-refractivity contribution in [2.45, 2.75) is 70.5 Å². The maximum atomic E-state index is 12.8. The van der Waals surface area contributed by atoms with Crippen LogP contribution in [-0.2, 0) is 4.74 Å². The van der Waals surface area contributed by atoms with E-state index in [1.807, 2.05) is 0 Å². The molecule has 2 aliphatic rings. The second kappa shape index (κ2) is 7.83. The molecular weight excluding hydrogens is 325 g/mol. The van der Waals surface area contributed by atoms with Crippen molar-refractivity contribution in [3.63, 3.8) is 0 Å². The largest absolute Gasteiger partial charge is 0.475 e. The van der Waals surface area contributed by atoms with Crippen molar-refractivity contribution >= 4 is 0 Å². The SMILES string of the molecule is CC(C)OC[C@@]12CCCN1[C@H](COc1cnc(OC(C)F)cn1)CC2. The lowest BCUT2D eigenvalue weighted by Crippen LogP contribution is -2.47. The number of fused-ring (bicyclic) bond motifs is 1. The van der Waals surface area contributed by atoms with Gasteiger partial charge in [0.25, 0.3) is 0 Å². The van der Waals surface area contributed by atoms with Crippen LogP contribution in [0.3, 0.4) is 0 Å². The van der Waals surface area contributed by atoms with Crippen molar-refractivity contribution in [3.8, 4) is 11.8 Å². The molecule has 1 aromatic heterocycles. The van der Waals surface area contributed by atoms with Crippen LogP contribution in [0.5, 0.6) is 11.8 Å². The Morgan fingerprint density at radius 3 is 2.68 bits per heavy atom. The number of hydrogen-bond donors (Lipinski definition) is 0. The fourth-order valence-electron chi connectivity index (χ4n) is 3.90. The van der Waals surface area contributed by atoms with E-state index in [4.69, 9.17) is 14.2 Å². The number of nitrogens with zero attached hydrogens (tertiary/aromatic N) is 3. The summed E-state index contributed by atoms with van der Waals surface area (Å²) < 4.78 is 29.4. The smallest absolute Gasteiger partial charge is 0.237 e. The Morgan fingerprint density at radius 1 is 1.24 bits per heavy atom. The number of aromatic nitrogens is 2. The fraction of sp³-hybridized carbons (Fsp3) is 0.778. The minimum atomic E-state index is -1.41. The van der Waals surface area contributed by atoms with Gasteiger partial charge in [-0.05, 0) is 46.1 Å². The van der Waals surface area contributed by atoms with Gasteiger partial charge >= 0.3 is 0 Å². The van der Waals surface area contributed by atoms with Gasteiger partial charge < -0.3 is 14.2 Å². The van der Waals surface area contributed by atoms with Crippen molar-refractivity contribution in [3.05, 3.63) is 12.4 Å². The zero-order chi connectivity index (χ0) is 17.9. The molecule has 1 unspecified atom stereocenters. The Labute approximate surface area is 148 Å². The standard InChI is InChI=1S/C18H28FN3O3/c1-13(2)24-12-18-6-4-8-22(18)15(5-7-18)11-23-16-9-21-17(10-20-16)25-14(3)19/h9-10,13-15H,4-8,11-12H2,1-3H3/t14?,15-,18-/m0/s1. The molecule has 0 radical (unpaired) electrons. The number of rotatable bonds is 8. The average Bonchev–Trinajstić information content (AvgIpc) is 3.11. The van der Waals surface area contributed by atoms with Crippen LogP contribution in [-0.4, -0.2) is 58.7 Å². The third-order valence-corrected chi connectivity index (χ3v) is 5.03. The molecule has 2 aliphatic heterocycles. The van der Waals surface area contributed by atoms with E-state index >= 15 is 0 Å². The van der Waals surface area contributed by atoms with Gasteiger partial charge in [-0.2, -0.15) is 0 Å². The minimum Gasteiger partial charge on any atom is -0.475 e. The third kappa shape index (κ3) is 4.39. The van der Waals surface area contributed by atoms with Crippen LogP contribution in [0.25, 0.3) is 0 Å². The van der Waals surface area contributed by atoms with E-state index in [-0.39, 0.29) is 17.5 Å². The first-order chi connectivity index (χ1) is 12.0. The predicted molar refractivity (Wildman–Crippen MR) is 91.5 cm³/mol. The van der Waals surface area contributed by atoms with Gasteiger partial charge in [0.15, 0.2) is 0 Å². The number of alkyl halides is 1. The summed E-state index contributed by atoms with van der Waals surface area (Å²) in [5.41, 5.74) is 0.180. The van der Waals surface area contributed by atoms with Crippen molar-refractivity contribution in [2.24, 2.45) is 0 Å². The molecule has 3 rings (SSSR count). The van der Waals surface area contributed by atoms with Crippen LogP contribution >= 0.6 is 0 Å². The van der Waals surface area contributed by atoms with E-state index in [2.05, 4.69) is 28.7 Å². The first kappa shape index (κ1) is 18.3. The minimum absolute atomic E-state index is 0.160. The zero-order valence-electron chi connectivity index (χ0n) is 15.3. The van der Waals surface area contributed by atoms with Gasteiger partial charge in [-0.25, -0.2) is 14.4 Å². The number of halogens is 1. The molecule has 0 saturated carbocycles. The van der Waals surface area contributed by atoms with E-state index in [1.165, 1.54) is 32.2 Å². The zero-order valence-corrected chi connectivity index (χ0v) is 15.3. The summed E-state index contributed by atoms with van der Waals surface area (Å²) in [4.78, 5) is 10.7. The lowest BCUT2D eigenvalue weighted by atomic mass is 9.95. The molecule has 0 spiro atoms. The molecule has 0 aromatic carbocycles. The molecule has 2 saturated heterocycles. The summed E-state index contributed by atoms with van der Waals surface area (Å²) in [5.74, 6) is 0.599. The molecule has 3 atom stereocenters. The molecule has 0 amide bonds. The van der Waals surface area contributed by atoms with Gasteiger partial charge in [0.1, 0.15) is 6.61 Å². The second-order valence-electron chi connectivity index (χ2n) is 7.24. The Kier molecular flexibility index (Phi) is 5.74. The van der Waals surface area contributed by atoms with E-state index in [0.717, 1.165) is 26.0 Å². The van der Waals surface area contributed by atoms with Gasteiger partial charge in [0, 0.05) is 18.5 Å². The Morgan fingerprint density at radius 2 is 2.00 bits per heavy atom. The summed E-state index contributed by atoms with van der Waals surface area (Å²) >= 11 is 0. The summed E-state index contributed by atoms with van der Waals surface area (Å²) in [6.45, 7) is 7.95. The average molecular weight is 353 g/mol. The Bertz CT molecular complexity index is 555. The van der Waals surface area contributed by atoms with Crippen LogP contribution in [0.4, 0.5) is 4.39 Å². The molecule has 7 heteroatoms. The first-order valence-electron chi connectivity index (χ1n) is 9.12. The molecule has 0 N–H and O–H groups in total. The van der Waals surface area contributed by atoms with Crippen LogP contribution in [0.15, 0.2) is 12.4 Å². The van der Waals surface area contributed by atoms with Gasteiger partial charge in [-0.1, -0.05) is 0 Å². The monoisotopic (exact) mass is 353 g/mol. The molecule has 6 nitrogen and oxygen atoms in total. The normalized spacial score (nSPS) is 27.5. The van der Waals surface area contributed by atoms with Gasteiger partial charge in [0.05, 0.1) is 25.1 Å².